The van der Waals surface area contributed by atoms with Crippen molar-refractivity contribution in [2.75, 3.05) is 10.8 Å². The van der Waals surface area contributed by atoms with Gasteiger partial charge in [0.2, 0.25) is 11.8 Å². The molecule has 1 fully saturated rings. The summed E-state index contributed by atoms with van der Waals surface area (Å²) < 4.78 is 42.4. The number of carbonyl (C=O) groups excluding carboxylic acids is 2. The van der Waals surface area contributed by atoms with Crippen LogP contribution in [0.15, 0.2) is 77.7 Å². The summed E-state index contributed by atoms with van der Waals surface area (Å²) >= 11 is 6.00. The van der Waals surface area contributed by atoms with Gasteiger partial charge in [-0.2, -0.15) is 0 Å². The molecule has 0 radical (unpaired) electrons. The van der Waals surface area contributed by atoms with Gasteiger partial charge in [0.05, 0.1) is 10.6 Å². The van der Waals surface area contributed by atoms with Gasteiger partial charge >= 0.3 is 0 Å². The quantitative estimate of drug-likeness (QED) is 0.317. The molecule has 1 aliphatic carbocycles. The summed E-state index contributed by atoms with van der Waals surface area (Å²) in [7, 11) is -4.19. The number of nitrogens with one attached hydrogen (secondary N) is 1. The van der Waals surface area contributed by atoms with Crippen LogP contribution in [-0.2, 0) is 26.2 Å². The number of nitrogens with zero attached hydrogens (tertiary/aromatic N) is 2. The van der Waals surface area contributed by atoms with Gasteiger partial charge in [-0.25, -0.2) is 12.8 Å². The molecule has 0 aliphatic heterocycles. The van der Waals surface area contributed by atoms with Crippen LogP contribution in [0, 0.1) is 12.7 Å². The second-order valence-electron chi connectivity index (χ2n) is 10.5. The Hall–Kier alpha value is -3.43. The summed E-state index contributed by atoms with van der Waals surface area (Å²) in [5.41, 5.74) is 1.74. The van der Waals surface area contributed by atoms with E-state index in [9.17, 15) is 22.4 Å². The van der Waals surface area contributed by atoms with Gasteiger partial charge in [0.15, 0.2) is 0 Å². The number of carbonyl (C=O) groups is 2. The summed E-state index contributed by atoms with van der Waals surface area (Å²) in [5, 5.41) is 3.45. The number of amides is 2. The molecule has 0 aromatic heterocycles. The molecular weight excluding hydrogens is 565 g/mol. The van der Waals surface area contributed by atoms with Crippen molar-refractivity contribution in [3.05, 3.63) is 94.8 Å². The molecule has 0 bridgehead atoms. The van der Waals surface area contributed by atoms with Gasteiger partial charge in [0.1, 0.15) is 18.4 Å². The molecule has 7 nitrogen and oxygen atoms in total. The third kappa shape index (κ3) is 7.86. The van der Waals surface area contributed by atoms with Crippen LogP contribution in [0.25, 0.3) is 0 Å². The molecule has 1 N–H and O–H groups in total. The van der Waals surface area contributed by atoms with Crippen LogP contribution >= 0.6 is 11.6 Å². The Balaban J connectivity index is 1.67. The lowest BCUT2D eigenvalue weighted by Gasteiger charge is -2.33. The highest BCUT2D eigenvalue weighted by molar-refractivity contribution is 7.92. The molecule has 0 saturated heterocycles. The molecule has 3 aromatic rings. The normalized spacial score (nSPS) is 14.7. The first-order valence-electron chi connectivity index (χ1n) is 13.7. The monoisotopic (exact) mass is 599 g/mol. The van der Waals surface area contributed by atoms with Crippen LogP contribution in [0.5, 0.6) is 0 Å². The lowest BCUT2D eigenvalue weighted by molar-refractivity contribution is -0.139. The predicted octanol–water partition coefficient (Wildman–Crippen LogP) is 5.85. The summed E-state index contributed by atoms with van der Waals surface area (Å²) in [5.74, 6) is -1.30. The van der Waals surface area contributed by atoms with Crippen LogP contribution in [0.3, 0.4) is 0 Å². The van der Waals surface area contributed by atoms with Crippen molar-refractivity contribution in [3.63, 3.8) is 0 Å². The Labute approximate surface area is 246 Å². The Morgan fingerprint density at radius 1 is 1.00 bits per heavy atom. The Bertz CT molecular complexity index is 1460. The predicted molar refractivity (Wildman–Crippen MR) is 159 cm³/mol. The number of benzene rings is 3. The van der Waals surface area contributed by atoms with Gasteiger partial charge in [-0.1, -0.05) is 55.1 Å². The fraction of sp³-hybridized carbons (Fsp3) is 0.355. The maximum atomic E-state index is 14.0. The van der Waals surface area contributed by atoms with Crippen molar-refractivity contribution in [1.29, 1.82) is 0 Å². The van der Waals surface area contributed by atoms with Gasteiger partial charge in [0, 0.05) is 17.6 Å². The van der Waals surface area contributed by atoms with Crippen LogP contribution < -0.4 is 9.62 Å². The number of hydrogen-bond acceptors (Lipinski definition) is 4. The highest BCUT2D eigenvalue weighted by atomic mass is 35.5. The van der Waals surface area contributed by atoms with Gasteiger partial charge in [-0.05, 0) is 86.3 Å². The van der Waals surface area contributed by atoms with E-state index in [1.807, 2.05) is 13.0 Å². The van der Waals surface area contributed by atoms with Crippen molar-refractivity contribution >= 4 is 39.1 Å². The number of aryl methyl sites for hydroxylation is 1. The number of halogens is 2. The largest absolute Gasteiger partial charge is 0.352 e. The van der Waals surface area contributed by atoms with Crippen molar-refractivity contribution < 1.29 is 22.4 Å². The van der Waals surface area contributed by atoms with Crippen molar-refractivity contribution in [2.45, 2.75) is 69.5 Å². The van der Waals surface area contributed by atoms with E-state index in [-0.39, 0.29) is 23.4 Å². The first kappa shape index (κ1) is 30.5. The minimum atomic E-state index is -4.19. The van der Waals surface area contributed by atoms with E-state index in [1.165, 1.54) is 41.3 Å². The molecule has 10 heteroatoms. The fourth-order valence-corrected chi connectivity index (χ4v) is 6.52. The fourth-order valence-electron chi connectivity index (χ4n) is 4.98. The summed E-state index contributed by atoms with van der Waals surface area (Å²) in [6.45, 7) is 2.92. The number of sulfonamides is 1. The third-order valence-electron chi connectivity index (χ3n) is 7.36. The van der Waals surface area contributed by atoms with E-state index in [1.54, 1.807) is 37.3 Å². The maximum absolute atomic E-state index is 14.0. The molecule has 1 atom stereocenters. The van der Waals surface area contributed by atoms with E-state index >= 15 is 0 Å². The van der Waals surface area contributed by atoms with E-state index in [0.29, 0.717) is 16.3 Å². The van der Waals surface area contributed by atoms with E-state index in [0.717, 1.165) is 42.0 Å². The smallest absolute Gasteiger partial charge is 0.264 e. The topological polar surface area (TPSA) is 86.8 Å². The zero-order chi connectivity index (χ0) is 29.6. The second kappa shape index (κ2) is 13.5. The van der Waals surface area contributed by atoms with Crippen LogP contribution in [-0.4, -0.2) is 43.8 Å². The average Bonchev–Trinajstić information content (AvgIpc) is 2.95. The molecule has 0 spiro atoms. The molecule has 218 valence electrons. The standard InChI is InChI=1S/C31H35ClFN3O4S/c1-22-7-6-10-28(19-22)36(41(39,40)29-17-13-25(32)14-18-29)21-30(37)35(20-24-11-15-26(33)16-12-24)23(2)31(38)34-27-8-4-3-5-9-27/h6-7,10-19,23,27H,3-5,8-9,20-21H2,1-2H3,(H,34,38)/t23-/m1/s1. The highest BCUT2D eigenvalue weighted by Gasteiger charge is 2.33. The lowest BCUT2D eigenvalue weighted by atomic mass is 9.95. The zero-order valence-corrected chi connectivity index (χ0v) is 24.8. The molecule has 3 aromatic carbocycles. The number of rotatable bonds is 10. The van der Waals surface area contributed by atoms with Crippen molar-refractivity contribution in [3.8, 4) is 0 Å². The van der Waals surface area contributed by atoms with E-state index in [4.69, 9.17) is 11.6 Å². The molecule has 0 heterocycles. The molecule has 1 saturated carbocycles. The Morgan fingerprint density at radius 2 is 1.66 bits per heavy atom. The van der Waals surface area contributed by atoms with E-state index < -0.39 is 34.3 Å². The zero-order valence-electron chi connectivity index (χ0n) is 23.2. The average molecular weight is 600 g/mol. The number of hydrogen-bond donors (Lipinski definition) is 1. The maximum Gasteiger partial charge on any atom is 0.264 e. The second-order valence-corrected chi connectivity index (χ2v) is 12.8. The Morgan fingerprint density at radius 3 is 2.29 bits per heavy atom. The number of anilines is 1. The molecule has 41 heavy (non-hydrogen) atoms. The molecular formula is C31H35ClFN3O4S. The van der Waals surface area contributed by atoms with Crippen molar-refractivity contribution in [2.24, 2.45) is 0 Å². The highest BCUT2D eigenvalue weighted by Crippen LogP contribution is 2.26. The van der Waals surface area contributed by atoms with Gasteiger partial charge in [-0.3, -0.25) is 13.9 Å². The van der Waals surface area contributed by atoms with Crippen LogP contribution in [0.4, 0.5) is 10.1 Å². The first-order valence-corrected chi connectivity index (χ1v) is 15.6. The van der Waals surface area contributed by atoms with E-state index in [2.05, 4.69) is 5.32 Å². The van der Waals surface area contributed by atoms with Gasteiger partial charge < -0.3 is 10.2 Å². The third-order valence-corrected chi connectivity index (χ3v) is 9.40. The first-order chi connectivity index (χ1) is 19.5. The minimum absolute atomic E-state index is 0.00101. The van der Waals surface area contributed by atoms with Gasteiger partial charge in [-0.15, -0.1) is 0 Å². The molecule has 0 unspecified atom stereocenters. The lowest BCUT2D eigenvalue weighted by Crippen LogP contribution is -2.53. The SMILES string of the molecule is Cc1cccc(N(CC(=O)N(Cc2ccc(F)cc2)[C@H](C)C(=O)NC2CCCCC2)S(=O)(=O)c2ccc(Cl)cc2)c1. The summed E-state index contributed by atoms with van der Waals surface area (Å²) in [6, 6.07) is 17.4. The van der Waals surface area contributed by atoms with Gasteiger partial charge in [0.25, 0.3) is 10.0 Å². The molecule has 1 aliphatic rings. The van der Waals surface area contributed by atoms with Crippen LogP contribution in [0.1, 0.15) is 50.2 Å². The molecule has 4 rings (SSSR count). The van der Waals surface area contributed by atoms with Crippen LogP contribution in [0.2, 0.25) is 5.02 Å². The van der Waals surface area contributed by atoms with Crippen molar-refractivity contribution in [1.82, 2.24) is 10.2 Å². The molecule has 2 amide bonds. The Kier molecular flexibility index (Phi) is 10.0. The summed E-state index contributed by atoms with van der Waals surface area (Å²) in [6.07, 6.45) is 4.96. The minimum Gasteiger partial charge on any atom is -0.352 e. The summed E-state index contributed by atoms with van der Waals surface area (Å²) in [4.78, 5) is 28.7.